The number of hydrogen-bond acceptors (Lipinski definition) is 2. The Hall–Kier alpha value is -0.870. The van der Waals surface area contributed by atoms with Gasteiger partial charge in [-0.1, -0.05) is 25.1 Å². The first-order valence-electron chi connectivity index (χ1n) is 5.60. The molecule has 0 unspecified atom stereocenters. The Morgan fingerprint density at radius 1 is 1.19 bits per heavy atom. The lowest BCUT2D eigenvalue weighted by atomic mass is 10.1. The summed E-state index contributed by atoms with van der Waals surface area (Å²) in [6.45, 7) is 4.73. The third kappa shape index (κ3) is 1.87. The van der Waals surface area contributed by atoms with Gasteiger partial charge >= 0.3 is 0 Å². The Morgan fingerprint density at radius 3 is 2.31 bits per heavy atom. The van der Waals surface area contributed by atoms with Crippen LogP contribution in [0.4, 0.5) is 0 Å². The lowest BCUT2D eigenvalue weighted by molar-refractivity contribution is 0.371. The molecule has 0 saturated carbocycles. The van der Waals surface area contributed by atoms with Crippen molar-refractivity contribution < 1.29 is 8.42 Å². The number of rotatable bonds is 2. The molecule has 0 N–H and O–H groups in total. The first-order chi connectivity index (χ1) is 7.53. The molecule has 88 valence electrons. The Balaban J connectivity index is 2.34. The summed E-state index contributed by atoms with van der Waals surface area (Å²) in [5.41, 5.74) is 0. The lowest BCUT2D eigenvalue weighted by Gasteiger charge is -2.22. The summed E-state index contributed by atoms with van der Waals surface area (Å²) >= 11 is 0. The number of sulfonamides is 1. The first-order valence-corrected chi connectivity index (χ1v) is 7.04. The smallest absolute Gasteiger partial charge is 0.207 e. The summed E-state index contributed by atoms with van der Waals surface area (Å²) in [6, 6.07) is 8.77. The summed E-state index contributed by atoms with van der Waals surface area (Å²) in [5.74, 6) is 0.443. The SMILES string of the molecule is C[C@@H]1[C@@H](C)CCN1S(=O)(=O)c1ccccc1. The van der Waals surface area contributed by atoms with Crippen molar-refractivity contribution >= 4 is 10.0 Å². The molecule has 1 aromatic carbocycles. The monoisotopic (exact) mass is 239 g/mol. The van der Waals surface area contributed by atoms with Crippen LogP contribution in [0.3, 0.4) is 0 Å². The Morgan fingerprint density at radius 2 is 1.81 bits per heavy atom. The molecule has 0 aromatic heterocycles. The number of benzene rings is 1. The van der Waals surface area contributed by atoms with E-state index < -0.39 is 10.0 Å². The van der Waals surface area contributed by atoms with Gasteiger partial charge in [-0.25, -0.2) is 8.42 Å². The third-order valence-electron chi connectivity index (χ3n) is 3.43. The second kappa shape index (κ2) is 4.18. The zero-order valence-electron chi connectivity index (χ0n) is 9.63. The van der Waals surface area contributed by atoms with Crippen molar-refractivity contribution in [3.05, 3.63) is 30.3 Å². The molecule has 0 radical (unpaired) electrons. The molecule has 0 bridgehead atoms. The van der Waals surface area contributed by atoms with Gasteiger partial charge in [-0.3, -0.25) is 0 Å². The fourth-order valence-corrected chi connectivity index (χ4v) is 3.89. The molecule has 4 heteroatoms. The predicted molar refractivity (Wildman–Crippen MR) is 63.6 cm³/mol. The van der Waals surface area contributed by atoms with Gasteiger partial charge in [0.05, 0.1) is 4.90 Å². The normalized spacial score (nSPS) is 27.1. The zero-order chi connectivity index (χ0) is 11.8. The van der Waals surface area contributed by atoms with Crippen molar-refractivity contribution in [1.29, 1.82) is 0 Å². The molecule has 3 nitrogen and oxygen atoms in total. The molecule has 1 fully saturated rings. The van der Waals surface area contributed by atoms with E-state index in [9.17, 15) is 8.42 Å². The van der Waals surface area contributed by atoms with E-state index in [1.165, 1.54) is 0 Å². The van der Waals surface area contributed by atoms with Gasteiger partial charge in [-0.2, -0.15) is 4.31 Å². The second-order valence-corrected chi connectivity index (χ2v) is 6.33. The Bertz CT molecular complexity index is 455. The fourth-order valence-electron chi connectivity index (χ4n) is 2.13. The third-order valence-corrected chi connectivity index (χ3v) is 5.43. The minimum Gasteiger partial charge on any atom is -0.207 e. The van der Waals surface area contributed by atoms with Crippen molar-refractivity contribution in [2.45, 2.75) is 31.2 Å². The van der Waals surface area contributed by atoms with E-state index in [4.69, 9.17) is 0 Å². The molecule has 1 saturated heterocycles. The van der Waals surface area contributed by atoms with Gasteiger partial charge in [0, 0.05) is 12.6 Å². The fraction of sp³-hybridized carbons (Fsp3) is 0.500. The molecule has 2 atom stereocenters. The number of hydrogen-bond donors (Lipinski definition) is 0. The van der Waals surface area contributed by atoms with Crippen LogP contribution in [-0.4, -0.2) is 25.3 Å². The largest absolute Gasteiger partial charge is 0.243 e. The molecule has 1 aliphatic rings. The molecule has 1 heterocycles. The zero-order valence-corrected chi connectivity index (χ0v) is 10.4. The minimum atomic E-state index is -3.29. The van der Waals surface area contributed by atoms with Crippen LogP contribution in [0.1, 0.15) is 20.3 Å². The minimum absolute atomic E-state index is 0.102. The summed E-state index contributed by atoms with van der Waals surface area (Å²) in [7, 11) is -3.29. The van der Waals surface area contributed by atoms with Gasteiger partial charge < -0.3 is 0 Å². The average molecular weight is 239 g/mol. The van der Waals surface area contributed by atoms with E-state index in [1.54, 1.807) is 28.6 Å². The van der Waals surface area contributed by atoms with Crippen molar-refractivity contribution in [3.8, 4) is 0 Å². The first kappa shape index (κ1) is 11.6. The highest BCUT2D eigenvalue weighted by atomic mass is 32.2. The van der Waals surface area contributed by atoms with E-state index in [0.29, 0.717) is 17.4 Å². The summed E-state index contributed by atoms with van der Waals surface area (Å²) in [5, 5.41) is 0. The molecule has 0 aliphatic carbocycles. The Labute approximate surface area is 97.1 Å². The Kier molecular flexibility index (Phi) is 3.04. The van der Waals surface area contributed by atoms with E-state index in [1.807, 2.05) is 13.0 Å². The van der Waals surface area contributed by atoms with Crippen LogP contribution >= 0.6 is 0 Å². The molecular formula is C12H17NO2S. The molecule has 0 spiro atoms. The highest BCUT2D eigenvalue weighted by molar-refractivity contribution is 7.89. The van der Waals surface area contributed by atoms with Gasteiger partial charge in [-0.15, -0.1) is 0 Å². The van der Waals surface area contributed by atoms with Crippen LogP contribution in [0.5, 0.6) is 0 Å². The summed E-state index contributed by atoms with van der Waals surface area (Å²) < 4.78 is 26.3. The van der Waals surface area contributed by atoms with Crippen LogP contribution < -0.4 is 0 Å². The molecule has 16 heavy (non-hydrogen) atoms. The van der Waals surface area contributed by atoms with E-state index in [2.05, 4.69) is 6.92 Å². The van der Waals surface area contributed by atoms with Crippen molar-refractivity contribution in [3.63, 3.8) is 0 Å². The van der Waals surface area contributed by atoms with Crippen LogP contribution in [0.15, 0.2) is 35.2 Å². The highest BCUT2D eigenvalue weighted by Gasteiger charge is 2.36. The molecule has 1 aromatic rings. The topological polar surface area (TPSA) is 37.4 Å². The molecule has 1 aliphatic heterocycles. The maximum Gasteiger partial charge on any atom is 0.243 e. The van der Waals surface area contributed by atoms with E-state index in [-0.39, 0.29) is 6.04 Å². The second-order valence-electron chi connectivity index (χ2n) is 4.44. The van der Waals surface area contributed by atoms with Crippen molar-refractivity contribution in [1.82, 2.24) is 4.31 Å². The standard InChI is InChI=1S/C12H17NO2S/c1-10-8-9-13(11(10)2)16(14,15)12-6-4-3-5-7-12/h3-7,10-11H,8-9H2,1-2H3/t10-,11+/m0/s1. The van der Waals surface area contributed by atoms with Crippen LogP contribution in [0.2, 0.25) is 0 Å². The average Bonchev–Trinajstić information content (AvgIpc) is 2.61. The van der Waals surface area contributed by atoms with E-state index >= 15 is 0 Å². The summed E-state index contributed by atoms with van der Waals surface area (Å²) in [4.78, 5) is 0.399. The number of nitrogens with zero attached hydrogens (tertiary/aromatic N) is 1. The quantitative estimate of drug-likeness (QED) is 0.792. The van der Waals surface area contributed by atoms with Crippen molar-refractivity contribution in [2.24, 2.45) is 5.92 Å². The maximum absolute atomic E-state index is 12.3. The molecule has 2 rings (SSSR count). The van der Waals surface area contributed by atoms with Gasteiger partial charge in [-0.05, 0) is 31.4 Å². The van der Waals surface area contributed by atoms with Crippen LogP contribution in [-0.2, 0) is 10.0 Å². The van der Waals surface area contributed by atoms with E-state index in [0.717, 1.165) is 6.42 Å². The molecule has 0 amide bonds. The summed E-state index contributed by atoms with van der Waals surface area (Å²) in [6.07, 6.45) is 0.952. The lowest BCUT2D eigenvalue weighted by Crippen LogP contribution is -2.35. The molecular weight excluding hydrogens is 222 g/mol. The highest BCUT2D eigenvalue weighted by Crippen LogP contribution is 2.29. The van der Waals surface area contributed by atoms with Gasteiger partial charge in [0.25, 0.3) is 0 Å². The van der Waals surface area contributed by atoms with Crippen LogP contribution in [0, 0.1) is 5.92 Å². The van der Waals surface area contributed by atoms with Crippen LogP contribution in [0.25, 0.3) is 0 Å². The van der Waals surface area contributed by atoms with Gasteiger partial charge in [0.15, 0.2) is 0 Å². The van der Waals surface area contributed by atoms with Crippen molar-refractivity contribution in [2.75, 3.05) is 6.54 Å². The van der Waals surface area contributed by atoms with Gasteiger partial charge in [0.2, 0.25) is 10.0 Å². The maximum atomic E-state index is 12.3. The predicted octanol–water partition coefficient (Wildman–Crippen LogP) is 2.11. The van der Waals surface area contributed by atoms with Gasteiger partial charge in [0.1, 0.15) is 0 Å².